The van der Waals surface area contributed by atoms with Crippen molar-refractivity contribution in [3.8, 4) is 11.5 Å². The number of amides is 1. The van der Waals surface area contributed by atoms with Gasteiger partial charge >= 0.3 is 0 Å². The van der Waals surface area contributed by atoms with Crippen LogP contribution in [0, 0.1) is 5.82 Å². The summed E-state index contributed by atoms with van der Waals surface area (Å²) >= 11 is 0. The molecule has 2 N–H and O–H groups in total. The van der Waals surface area contributed by atoms with E-state index >= 15 is 0 Å². The molecule has 136 valence electrons. The van der Waals surface area contributed by atoms with Gasteiger partial charge in [0.2, 0.25) is 6.79 Å². The van der Waals surface area contributed by atoms with E-state index in [1.54, 1.807) is 24.3 Å². The maximum absolute atomic E-state index is 13.7. The number of anilines is 2. The molecule has 27 heavy (non-hydrogen) atoms. The quantitative estimate of drug-likeness (QED) is 0.719. The number of rotatable bonds is 5. The topological polar surface area (TPSA) is 72.5 Å². The number of carbonyl (C=O) groups excluding carboxylic acids is 1. The lowest BCUT2D eigenvalue weighted by atomic mass is 10.2. The van der Waals surface area contributed by atoms with Gasteiger partial charge in [-0.2, -0.15) is 0 Å². The summed E-state index contributed by atoms with van der Waals surface area (Å²) < 4.78 is 24.3. The van der Waals surface area contributed by atoms with Crippen LogP contribution < -0.4 is 20.1 Å². The minimum Gasteiger partial charge on any atom is -0.454 e. The summed E-state index contributed by atoms with van der Waals surface area (Å²) in [7, 11) is 0. The van der Waals surface area contributed by atoms with Crippen LogP contribution in [0.2, 0.25) is 0 Å². The van der Waals surface area contributed by atoms with E-state index in [9.17, 15) is 9.18 Å². The molecule has 0 radical (unpaired) electrons. The van der Waals surface area contributed by atoms with Gasteiger partial charge in [0.1, 0.15) is 11.5 Å². The van der Waals surface area contributed by atoms with Crippen LogP contribution in [0.15, 0.2) is 60.8 Å². The van der Waals surface area contributed by atoms with Gasteiger partial charge in [-0.1, -0.05) is 18.2 Å². The number of carbonyl (C=O) groups is 1. The van der Waals surface area contributed by atoms with Crippen molar-refractivity contribution in [2.24, 2.45) is 0 Å². The molecule has 0 unspecified atom stereocenters. The highest BCUT2D eigenvalue weighted by Gasteiger charge is 2.14. The average Bonchev–Trinajstić information content (AvgIpc) is 3.16. The number of hydrogen-bond donors (Lipinski definition) is 2. The van der Waals surface area contributed by atoms with Crippen LogP contribution in [0.4, 0.5) is 15.8 Å². The third-order valence-electron chi connectivity index (χ3n) is 4.05. The molecule has 0 fully saturated rings. The van der Waals surface area contributed by atoms with Crippen molar-refractivity contribution in [1.29, 1.82) is 0 Å². The van der Waals surface area contributed by atoms with E-state index in [-0.39, 0.29) is 18.2 Å². The van der Waals surface area contributed by atoms with Crippen LogP contribution in [0.5, 0.6) is 11.5 Å². The van der Waals surface area contributed by atoms with Crippen LogP contribution in [0.1, 0.15) is 16.1 Å². The number of aromatic nitrogens is 1. The van der Waals surface area contributed by atoms with Gasteiger partial charge in [-0.15, -0.1) is 0 Å². The summed E-state index contributed by atoms with van der Waals surface area (Å²) in [4.78, 5) is 16.4. The summed E-state index contributed by atoms with van der Waals surface area (Å²) in [5, 5.41) is 5.75. The SMILES string of the molecule is O=C(Nc1ccccc1F)c1cc(NCc2ccc3c(c2)OCO3)ccn1. The molecule has 6 nitrogen and oxygen atoms in total. The van der Waals surface area contributed by atoms with Crippen LogP contribution in [-0.2, 0) is 6.54 Å². The van der Waals surface area contributed by atoms with Crippen molar-refractivity contribution in [2.45, 2.75) is 6.54 Å². The number of fused-ring (bicyclic) bond motifs is 1. The van der Waals surface area contributed by atoms with Crippen molar-refractivity contribution in [3.63, 3.8) is 0 Å². The zero-order chi connectivity index (χ0) is 18.6. The van der Waals surface area contributed by atoms with Gasteiger partial charge in [0.25, 0.3) is 5.91 Å². The highest BCUT2D eigenvalue weighted by atomic mass is 19.1. The summed E-state index contributed by atoms with van der Waals surface area (Å²) in [6.07, 6.45) is 1.53. The largest absolute Gasteiger partial charge is 0.454 e. The van der Waals surface area contributed by atoms with Crippen LogP contribution >= 0.6 is 0 Å². The van der Waals surface area contributed by atoms with E-state index in [4.69, 9.17) is 9.47 Å². The minimum absolute atomic E-state index is 0.114. The van der Waals surface area contributed by atoms with Gasteiger partial charge in [-0.3, -0.25) is 9.78 Å². The third kappa shape index (κ3) is 3.82. The number of benzene rings is 2. The second-order valence-electron chi connectivity index (χ2n) is 5.90. The van der Waals surface area contributed by atoms with E-state index in [0.717, 1.165) is 17.0 Å². The van der Waals surface area contributed by atoms with Gasteiger partial charge in [0.05, 0.1) is 5.69 Å². The lowest BCUT2D eigenvalue weighted by Crippen LogP contribution is -2.15. The standard InChI is InChI=1S/C20H16FN3O3/c21-15-3-1-2-4-16(15)24-20(25)17-10-14(7-8-22-17)23-11-13-5-6-18-19(9-13)27-12-26-18/h1-10H,11-12H2,(H,22,23)(H,24,25). The second kappa shape index (κ2) is 7.33. The van der Waals surface area contributed by atoms with Crippen molar-refractivity contribution >= 4 is 17.3 Å². The van der Waals surface area contributed by atoms with Crippen molar-refractivity contribution < 1.29 is 18.7 Å². The number of para-hydroxylation sites is 1. The van der Waals surface area contributed by atoms with Crippen LogP contribution in [-0.4, -0.2) is 17.7 Å². The Morgan fingerprint density at radius 2 is 1.93 bits per heavy atom. The number of pyridine rings is 1. The Hall–Kier alpha value is -3.61. The van der Waals surface area contributed by atoms with Crippen molar-refractivity contribution in [1.82, 2.24) is 4.98 Å². The van der Waals surface area contributed by atoms with Gasteiger partial charge in [-0.05, 0) is 42.0 Å². The van der Waals surface area contributed by atoms with E-state index in [1.165, 1.54) is 18.3 Å². The fourth-order valence-electron chi connectivity index (χ4n) is 2.67. The Kier molecular flexibility index (Phi) is 4.57. The number of nitrogens with one attached hydrogen (secondary N) is 2. The lowest BCUT2D eigenvalue weighted by Gasteiger charge is -2.09. The molecule has 1 amide bonds. The van der Waals surface area contributed by atoms with E-state index < -0.39 is 11.7 Å². The molecule has 0 atom stereocenters. The molecule has 0 saturated heterocycles. The Balaban J connectivity index is 1.43. The van der Waals surface area contributed by atoms with Crippen molar-refractivity contribution in [3.05, 3.63) is 77.9 Å². The first kappa shape index (κ1) is 16.8. The van der Waals surface area contributed by atoms with E-state index in [2.05, 4.69) is 15.6 Å². The molecule has 1 aliphatic heterocycles. The number of ether oxygens (including phenoxy) is 2. The predicted octanol–water partition coefficient (Wildman–Crippen LogP) is 3.81. The average molecular weight is 365 g/mol. The first-order valence-corrected chi connectivity index (χ1v) is 8.33. The lowest BCUT2D eigenvalue weighted by molar-refractivity contribution is 0.102. The minimum atomic E-state index is -0.497. The van der Waals surface area contributed by atoms with E-state index in [0.29, 0.717) is 12.3 Å². The van der Waals surface area contributed by atoms with Crippen LogP contribution in [0.25, 0.3) is 0 Å². The summed E-state index contributed by atoms with van der Waals surface area (Å²) in [6.45, 7) is 0.770. The van der Waals surface area contributed by atoms with Gasteiger partial charge in [-0.25, -0.2) is 4.39 Å². The molecule has 7 heteroatoms. The Bertz CT molecular complexity index is 994. The zero-order valence-electron chi connectivity index (χ0n) is 14.2. The van der Waals surface area contributed by atoms with Gasteiger partial charge in [0, 0.05) is 18.4 Å². The molecule has 2 heterocycles. The smallest absolute Gasteiger partial charge is 0.274 e. The fourth-order valence-corrected chi connectivity index (χ4v) is 2.67. The summed E-state index contributed by atoms with van der Waals surface area (Å²) in [6, 6.07) is 15.1. The monoisotopic (exact) mass is 365 g/mol. The Labute approximate surface area is 155 Å². The number of nitrogens with zero attached hydrogens (tertiary/aromatic N) is 1. The first-order chi connectivity index (χ1) is 13.2. The van der Waals surface area contributed by atoms with Crippen LogP contribution in [0.3, 0.4) is 0 Å². The molecule has 0 saturated carbocycles. The first-order valence-electron chi connectivity index (χ1n) is 8.33. The highest BCUT2D eigenvalue weighted by molar-refractivity contribution is 6.03. The second-order valence-corrected chi connectivity index (χ2v) is 5.90. The number of hydrogen-bond acceptors (Lipinski definition) is 5. The summed E-state index contributed by atoms with van der Waals surface area (Å²) in [5.74, 6) is 0.471. The fraction of sp³-hybridized carbons (Fsp3) is 0.100. The maximum atomic E-state index is 13.7. The van der Waals surface area contributed by atoms with E-state index in [1.807, 2.05) is 18.2 Å². The molecular weight excluding hydrogens is 349 g/mol. The molecular formula is C20H16FN3O3. The molecule has 1 aromatic heterocycles. The molecule has 2 aromatic carbocycles. The molecule has 0 spiro atoms. The molecule has 4 rings (SSSR count). The Morgan fingerprint density at radius 3 is 2.81 bits per heavy atom. The summed E-state index contributed by atoms with van der Waals surface area (Å²) in [5.41, 5.74) is 2.03. The molecule has 0 bridgehead atoms. The Morgan fingerprint density at radius 1 is 1.07 bits per heavy atom. The molecule has 0 aliphatic carbocycles. The number of halogens is 1. The molecule has 1 aliphatic rings. The van der Waals surface area contributed by atoms with Crippen molar-refractivity contribution in [2.75, 3.05) is 17.4 Å². The normalized spacial score (nSPS) is 11.9. The molecule has 3 aromatic rings. The predicted molar refractivity (Wildman–Crippen MR) is 98.5 cm³/mol. The zero-order valence-corrected chi connectivity index (χ0v) is 14.2. The van der Waals surface area contributed by atoms with Gasteiger partial charge < -0.3 is 20.1 Å². The maximum Gasteiger partial charge on any atom is 0.274 e. The van der Waals surface area contributed by atoms with Gasteiger partial charge in [0.15, 0.2) is 11.5 Å². The third-order valence-corrected chi connectivity index (χ3v) is 4.05. The highest BCUT2D eigenvalue weighted by Crippen LogP contribution is 2.32.